The van der Waals surface area contributed by atoms with Gasteiger partial charge in [0, 0.05) is 11.3 Å². The van der Waals surface area contributed by atoms with Crippen LogP contribution in [-0.4, -0.2) is 28.5 Å². The van der Waals surface area contributed by atoms with E-state index in [1.54, 1.807) is 0 Å². The molecule has 0 radical (unpaired) electrons. The molecule has 18 heavy (non-hydrogen) atoms. The molecule has 0 aromatic carbocycles. The summed E-state index contributed by atoms with van der Waals surface area (Å²) in [4.78, 5) is 4.55. The predicted octanol–water partition coefficient (Wildman–Crippen LogP) is 1.73. The van der Waals surface area contributed by atoms with E-state index < -0.39 is 0 Å². The van der Waals surface area contributed by atoms with Crippen molar-refractivity contribution in [1.82, 2.24) is 10.1 Å². The summed E-state index contributed by atoms with van der Waals surface area (Å²) < 4.78 is 11.4. The van der Waals surface area contributed by atoms with Crippen LogP contribution in [0.1, 0.15) is 56.2 Å². The lowest BCUT2D eigenvalue weighted by Gasteiger charge is -2.50. The number of rotatable bonds is 3. The van der Waals surface area contributed by atoms with Crippen LogP contribution in [-0.2, 0) is 10.3 Å². The van der Waals surface area contributed by atoms with Gasteiger partial charge in [0.1, 0.15) is 5.60 Å². The maximum atomic E-state index is 9.47. The molecule has 0 unspecified atom stereocenters. The van der Waals surface area contributed by atoms with Crippen molar-refractivity contribution in [3.8, 4) is 0 Å². The monoisotopic (exact) mass is 250 g/mol. The summed E-state index contributed by atoms with van der Waals surface area (Å²) in [6.07, 6.45) is 6.12. The zero-order valence-electron chi connectivity index (χ0n) is 10.4. The highest BCUT2D eigenvalue weighted by molar-refractivity contribution is 5.11. The fourth-order valence-electron chi connectivity index (χ4n) is 3.17. The third-order valence-corrected chi connectivity index (χ3v) is 4.88. The van der Waals surface area contributed by atoms with Crippen LogP contribution >= 0.6 is 0 Å². The zero-order valence-corrected chi connectivity index (χ0v) is 10.4. The molecule has 1 aromatic rings. The Hall–Kier alpha value is -0.940. The minimum absolute atomic E-state index is 0.0128. The minimum Gasteiger partial charge on any atom is -0.396 e. The average molecular weight is 250 g/mol. The molecule has 3 heterocycles. The summed E-state index contributed by atoms with van der Waals surface area (Å²) in [6.45, 7) is 0.838. The van der Waals surface area contributed by atoms with E-state index >= 15 is 0 Å². The van der Waals surface area contributed by atoms with E-state index in [-0.39, 0.29) is 17.6 Å². The van der Waals surface area contributed by atoms with Gasteiger partial charge in [-0.15, -0.1) is 0 Å². The van der Waals surface area contributed by atoms with Crippen molar-refractivity contribution in [3.05, 3.63) is 11.7 Å². The molecule has 98 valence electrons. The Labute approximate surface area is 106 Å². The first-order valence-electron chi connectivity index (χ1n) is 6.84. The summed E-state index contributed by atoms with van der Waals surface area (Å²) in [5.74, 6) is 2.03. The number of aliphatic hydroxyl groups excluding tert-OH is 1. The molecule has 2 saturated carbocycles. The first-order valence-corrected chi connectivity index (χ1v) is 6.84. The zero-order chi connectivity index (χ0) is 12.2. The van der Waals surface area contributed by atoms with Gasteiger partial charge in [0.05, 0.1) is 13.2 Å². The lowest BCUT2D eigenvalue weighted by atomic mass is 9.66. The second kappa shape index (κ2) is 3.54. The Kier molecular flexibility index (Phi) is 2.15. The minimum atomic E-state index is -0.364. The number of hydrogen-bond donors (Lipinski definition) is 1. The van der Waals surface area contributed by atoms with Crippen LogP contribution in [0.4, 0.5) is 0 Å². The van der Waals surface area contributed by atoms with Crippen molar-refractivity contribution >= 4 is 0 Å². The Morgan fingerprint density at radius 3 is 2.56 bits per heavy atom. The van der Waals surface area contributed by atoms with Crippen LogP contribution < -0.4 is 0 Å². The molecule has 2 bridgehead atoms. The van der Waals surface area contributed by atoms with Crippen molar-refractivity contribution < 1.29 is 14.4 Å². The molecular weight excluding hydrogens is 232 g/mol. The van der Waals surface area contributed by atoms with Gasteiger partial charge < -0.3 is 14.4 Å². The number of aliphatic hydroxyl groups is 1. The summed E-state index contributed by atoms with van der Waals surface area (Å²) in [5.41, 5.74) is -0.377. The Balaban J connectivity index is 1.60. The van der Waals surface area contributed by atoms with Crippen molar-refractivity contribution in [2.24, 2.45) is 5.41 Å². The second-order valence-electron chi connectivity index (χ2n) is 6.17. The normalized spacial score (nSPS) is 39.2. The quantitative estimate of drug-likeness (QED) is 0.884. The number of aromatic nitrogens is 2. The van der Waals surface area contributed by atoms with Gasteiger partial charge in [-0.1, -0.05) is 5.16 Å². The Morgan fingerprint density at radius 2 is 2.00 bits per heavy atom. The summed E-state index contributed by atoms with van der Waals surface area (Å²) in [6, 6.07) is 0. The predicted molar refractivity (Wildman–Crippen MR) is 61.9 cm³/mol. The molecule has 1 aromatic heterocycles. The SMILES string of the molecule is OCC12CCC(c3nc(C4CC4)no3)(CC1)OC2. The molecule has 4 aliphatic rings. The summed E-state index contributed by atoms with van der Waals surface area (Å²) in [7, 11) is 0. The molecular formula is C13H18N2O3. The van der Waals surface area contributed by atoms with Gasteiger partial charge >= 0.3 is 0 Å². The van der Waals surface area contributed by atoms with Crippen molar-refractivity contribution in [3.63, 3.8) is 0 Å². The van der Waals surface area contributed by atoms with Gasteiger partial charge in [-0.05, 0) is 38.5 Å². The molecule has 2 saturated heterocycles. The third kappa shape index (κ3) is 1.47. The molecule has 0 amide bonds. The average Bonchev–Trinajstić information content (AvgIpc) is 3.18. The van der Waals surface area contributed by atoms with Crippen LogP contribution in [0.5, 0.6) is 0 Å². The largest absolute Gasteiger partial charge is 0.396 e. The number of nitrogens with zero attached hydrogens (tertiary/aromatic N) is 2. The molecule has 5 rings (SSSR count). The van der Waals surface area contributed by atoms with E-state index in [4.69, 9.17) is 9.26 Å². The Morgan fingerprint density at radius 1 is 1.22 bits per heavy atom. The van der Waals surface area contributed by atoms with E-state index in [2.05, 4.69) is 10.1 Å². The standard InChI is InChI=1S/C13H18N2O3/c16-7-12-3-5-13(6-4-12,17-8-12)11-14-10(15-18-11)9-1-2-9/h9,16H,1-8H2. The highest BCUT2D eigenvalue weighted by Crippen LogP contribution is 2.53. The lowest BCUT2D eigenvalue weighted by Crippen LogP contribution is -2.51. The fourth-order valence-corrected chi connectivity index (χ4v) is 3.17. The van der Waals surface area contributed by atoms with Crippen LogP contribution in [0.25, 0.3) is 0 Å². The van der Waals surface area contributed by atoms with Gasteiger partial charge in [0.2, 0.25) is 0 Å². The first-order chi connectivity index (χ1) is 8.75. The van der Waals surface area contributed by atoms with E-state index in [0.717, 1.165) is 31.5 Å². The Bertz CT molecular complexity index is 442. The van der Waals surface area contributed by atoms with Crippen LogP contribution in [0.2, 0.25) is 0 Å². The van der Waals surface area contributed by atoms with Crippen LogP contribution in [0.15, 0.2) is 4.52 Å². The summed E-state index contributed by atoms with van der Waals surface area (Å²) in [5, 5.41) is 13.6. The molecule has 2 aliphatic heterocycles. The van der Waals surface area contributed by atoms with Crippen LogP contribution in [0, 0.1) is 5.41 Å². The van der Waals surface area contributed by atoms with Gasteiger partial charge in [-0.2, -0.15) is 4.98 Å². The molecule has 1 N–H and O–H groups in total. The maximum Gasteiger partial charge on any atom is 0.258 e. The van der Waals surface area contributed by atoms with Crippen molar-refractivity contribution in [2.75, 3.05) is 13.2 Å². The van der Waals surface area contributed by atoms with Gasteiger partial charge in [-0.25, -0.2) is 0 Å². The molecule has 4 fully saturated rings. The van der Waals surface area contributed by atoms with Gasteiger partial charge in [0.15, 0.2) is 5.82 Å². The van der Waals surface area contributed by atoms with Crippen LogP contribution in [0.3, 0.4) is 0 Å². The molecule has 5 heteroatoms. The number of fused-ring (bicyclic) bond motifs is 3. The van der Waals surface area contributed by atoms with E-state index in [9.17, 15) is 5.11 Å². The van der Waals surface area contributed by atoms with E-state index in [1.165, 1.54) is 12.8 Å². The molecule has 2 aliphatic carbocycles. The summed E-state index contributed by atoms with van der Waals surface area (Å²) >= 11 is 0. The molecule has 0 atom stereocenters. The number of hydrogen-bond acceptors (Lipinski definition) is 5. The third-order valence-electron chi connectivity index (χ3n) is 4.88. The lowest BCUT2D eigenvalue weighted by molar-refractivity contribution is -0.210. The fraction of sp³-hybridized carbons (Fsp3) is 0.846. The maximum absolute atomic E-state index is 9.47. The molecule has 5 nitrogen and oxygen atoms in total. The van der Waals surface area contributed by atoms with Gasteiger partial charge in [0.25, 0.3) is 5.89 Å². The highest BCUT2D eigenvalue weighted by atomic mass is 16.5. The molecule has 0 spiro atoms. The van der Waals surface area contributed by atoms with E-state index in [1.807, 2.05) is 0 Å². The van der Waals surface area contributed by atoms with Crippen molar-refractivity contribution in [1.29, 1.82) is 0 Å². The number of ether oxygens (including phenoxy) is 1. The highest BCUT2D eigenvalue weighted by Gasteiger charge is 2.53. The topological polar surface area (TPSA) is 68.4 Å². The second-order valence-corrected chi connectivity index (χ2v) is 6.17. The van der Waals surface area contributed by atoms with Gasteiger partial charge in [-0.3, -0.25) is 0 Å². The van der Waals surface area contributed by atoms with E-state index in [0.29, 0.717) is 18.4 Å². The van der Waals surface area contributed by atoms with Crippen molar-refractivity contribution in [2.45, 2.75) is 50.0 Å². The first kappa shape index (κ1) is 10.9. The smallest absolute Gasteiger partial charge is 0.258 e.